The maximum Gasteiger partial charge on any atom is 0.237 e. The number of hydrogen-bond acceptors (Lipinski definition) is 5. The Labute approximate surface area is 192 Å². The van der Waals surface area contributed by atoms with Gasteiger partial charge in [0.1, 0.15) is 0 Å². The van der Waals surface area contributed by atoms with E-state index in [-0.39, 0.29) is 36.5 Å². The minimum atomic E-state index is -0.317. The van der Waals surface area contributed by atoms with Gasteiger partial charge in [0.25, 0.3) is 0 Å². The van der Waals surface area contributed by atoms with Crippen molar-refractivity contribution >= 4 is 35.2 Å². The first-order valence-electron chi connectivity index (χ1n) is 10.5. The number of halogens is 1. The lowest BCUT2D eigenvalue weighted by atomic mass is 10.1. The Kier molecular flexibility index (Phi) is 9.21. The van der Waals surface area contributed by atoms with Crippen molar-refractivity contribution < 1.29 is 9.59 Å². The van der Waals surface area contributed by atoms with E-state index >= 15 is 0 Å². The molecule has 2 amide bonds. The molecule has 0 bridgehead atoms. The topological polar surface area (TPSA) is 96.2 Å². The highest BCUT2D eigenvalue weighted by Gasteiger charge is 2.31. The predicted molar refractivity (Wildman–Crippen MR) is 126 cm³/mol. The highest BCUT2D eigenvalue weighted by Crippen LogP contribution is 2.22. The van der Waals surface area contributed by atoms with Crippen molar-refractivity contribution in [2.45, 2.75) is 42.3 Å². The number of rotatable bonds is 10. The summed E-state index contributed by atoms with van der Waals surface area (Å²) in [6.45, 7) is 0.523. The molecule has 3 atom stereocenters. The molecule has 31 heavy (non-hydrogen) atoms. The van der Waals surface area contributed by atoms with Crippen LogP contribution in [0.1, 0.15) is 18.4 Å². The molecule has 2 aromatic rings. The average molecular weight is 461 g/mol. The molecule has 1 saturated heterocycles. The molecule has 0 spiro atoms. The molecule has 0 saturated carbocycles. The normalized spacial score (nSPS) is 19.0. The number of aryl methyl sites for hydroxylation is 1. The van der Waals surface area contributed by atoms with Gasteiger partial charge in [-0.2, -0.15) is 0 Å². The van der Waals surface area contributed by atoms with Gasteiger partial charge in [0.2, 0.25) is 11.8 Å². The van der Waals surface area contributed by atoms with Gasteiger partial charge in [0.05, 0.1) is 12.6 Å². The lowest BCUT2D eigenvalue weighted by molar-refractivity contribution is -0.124. The molecule has 1 aliphatic rings. The van der Waals surface area contributed by atoms with E-state index in [0.717, 1.165) is 23.5 Å². The second-order valence-corrected chi connectivity index (χ2v) is 9.19. The summed E-state index contributed by atoms with van der Waals surface area (Å²) in [5.41, 5.74) is 6.61. The second-order valence-electron chi connectivity index (χ2n) is 7.66. The zero-order valence-electron chi connectivity index (χ0n) is 17.4. The summed E-state index contributed by atoms with van der Waals surface area (Å²) in [4.78, 5) is 25.5. The molecule has 0 aliphatic carbocycles. The smallest absolute Gasteiger partial charge is 0.237 e. The molecule has 5 N–H and O–H groups in total. The summed E-state index contributed by atoms with van der Waals surface area (Å²) in [5.74, 6) is 0.535. The van der Waals surface area contributed by atoms with E-state index in [0.29, 0.717) is 18.0 Å². The van der Waals surface area contributed by atoms with E-state index < -0.39 is 0 Å². The van der Waals surface area contributed by atoms with Gasteiger partial charge in [-0.05, 0) is 49.1 Å². The number of hydrogen-bond donors (Lipinski definition) is 4. The quantitative estimate of drug-likeness (QED) is 0.408. The number of amides is 2. The largest absolute Gasteiger partial charge is 0.351 e. The fourth-order valence-electron chi connectivity index (χ4n) is 3.54. The summed E-state index contributed by atoms with van der Waals surface area (Å²) >= 11 is 7.68. The molecule has 3 rings (SSSR count). The molecule has 1 unspecified atom stereocenters. The zero-order chi connectivity index (χ0) is 22.1. The Bertz CT molecular complexity index is 850. The minimum Gasteiger partial charge on any atom is -0.351 e. The van der Waals surface area contributed by atoms with E-state index in [1.807, 2.05) is 42.5 Å². The van der Waals surface area contributed by atoms with Crippen LogP contribution in [-0.2, 0) is 16.0 Å². The minimum absolute atomic E-state index is 0.0212. The molecular formula is C23H29ClN4O2S. The van der Waals surface area contributed by atoms with Crippen molar-refractivity contribution in [2.75, 3.05) is 18.8 Å². The average Bonchev–Trinajstić information content (AvgIpc) is 3.26. The van der Waals surface area contributed by atoms with Gasteiger partial charge in [-0.1, -0.05) is 41.9 Å². The SMILES string of the molecule is NCC(=O)N[C@H]1CN[C@H](C(=O)NC(CCc2ccccc2)CSc2ccc(Cl)cc2)C1. The van der Waals surface area contributed by atoms with Crippen molar-refractivity contribution in [3.8, 4) is 0 Å². The van der Waals surface area contributed by atoms with Gasteiger partial charge in [0, 0.05) is 34.3 Å². The number of nitrogens with two attached hydrogens (primary N) is 1. The zero-order valence-corrected chi connectivity index (χ0v) is 18.9. The highest BCUT2D eigenvalue weighted by atomic mass is 35.5. The fourth-order valence-corrected chi connectivity index (χ4v) is 4.64. The molecule has 166 valence electrons. The standard InChI is InChI=1S/C23H29ClN4O2S/c24-17-7-10-20(11-8-17)31-15-18(9-6-16-4-2-1-3-5-16)28-23(30)21-12-19(14-26-21)27-22(29)13-25/h1-5,7-8,10-11,18-19,21,26H,6,9,12-15,25H2,(H,27,29)(H,28,30)/t18?,19-,21+/m1/s1. The Hall–Kier alpha value is -2.06. The van der Waals surface area contributed by atoms with E-state index in [1.54, 1.807) is 11.8 Å². The highest BCUT2D eigenvalue weighted by molar-refractivity contribution is 7.99. The van der Waals surface area contributed by atoms with Crippen LogP contribution in [-0.4, -0.2) is 48.8 Å². The van der Waals surface area contributed by atoms with Crippen LogP contribution in [0, 0.1) is 0 Å². The van der Waals surface area contributed by atoms with Crippen LogP contribution in [0.15, 0.2) is 59.5 Å². The monoisotopic (exact) mass is 460 g/mol. The number of benzene rings is 2. The Balaban J connectivity index is 1.56. The molecule has 0 aromatic heterocycles. The number of carbonyl (C=O) groups is 2. The molecule has 0 radical (unpaired) electrons. The number of thioether (sulfide) groups is 1. The van der Waals surface area contributed by atoms with E-state index in [2.05, 4.69) is 28.1 Å². The summed E-state index contributed by atoms with van der Waals surface area (Å²) in [7, 11) is 0. The first kappa shape index (κ1) is 23.6. The lowest BCUT2D eigenvalue weighted by Crippen LogP contribution is -2.46. The van der Waals surface area contributed by atoms with Crippen LogP contribution >= 0.6 is 23.4 Å². The van der Waals surface area contributed by atoms with Gasteiger partial charge in [-0.25, -0.2) is 0 Å². The molecule has 2 aromatic carbocycles. The molecule has 6 nitrogen and oxygen atoms in total. The van der Waals surface area contributed by atoms with Crippen LogP contribution in [0.5, 0.6) is 0 Å². The maximum absolute atomic E-state index is 12.9. The first-order valence-corrected chi connectivity index (χ1v) is 11.9. The predicted octanol–water partition coefficient (Wildman–Crippen LogP) is 2.36. The van der Waals surface area contributed by atoms with Crippen molar-refractivity contribution in [3.63, 3.8) is 0 Å². The number of carbonyl (C=O) groups excluding carboxylic acids is 2. The third-order valence-electron chi connectivity index (χ3n) is 5.23. The molecule has 1 heterocycles. The Morgan fingerprint density at radius 2 is 1.90 bits per heavy atom. The second kappa shape index (κ2) is 12.1. The molecule has 1 aliphatic heterocycles. The van der Waals surface area contributed by atoms with Crippen molar-refractivity contribution in [1.29, 1.82) is 0 Å². The van der Waals surface area contributed by atoms with Crippen LogP contribution < -0.4 is 21.7 Å². The maximum atomic E-state index is 12.9. The van der Waals surface area contributed by atoms with Crippen LogP contribution in [0.3, 0.4) is 0 Å². The summed E-state index contributed by atoms with van der Waals surface area (Å²) in [5, 5.41) is 9.97. The third kappa shape index (κ3) is 7.85. The van der Waals surface area contributed by atoms with Gasteiger partial charge in [0.15, 0.2) is 0 Å². The molecule has 8 heteroatoms. The van der Waals surface area contributed by atoms with Gasteiger partial charge < -0.3 is 21.7 Å². The van der Waals surface area contributed by atoms with Gasteiger partial charge >= 0.3 is 0 Å². The van der Waals surface area contributed by atoms with E-state index in [9.17, 15) is 9.59 Å². The fraction of sp³-hybridized carbons (Fsp3) is 0.391. The summed E-state index contributed by atoms with van der Waals surface area (Å²) in [6, 6.07) is 17.6. The van der Waals surface area contributed by atoms with Crippen molar-refractivity contribution in [3.05, 3.63) is 65.2 Å². The summed E-state index contributed by atoms with van der Waals surface area (Å²) < 4.78 is 0. The van der Waals surface area contributed by atoms with E-state index in [1.165, 1.54) is 5.56 Å². The van der Waals surface area contributed by atoms with Gasteiger partial charge in [-0.3, -0.25) is 9.59 Å². The van der Waals surface area contributed by atoms with Crippen molar-refractivity contribution in [1.82, 2.24) is 16.0 Å². The molecule has 1 fully saturated rings. The molecular weight excluding hydrogens is 432 g/mol. The third-order valence-corrected chi connectivity index (χ3v) is 6.66. The first-order chi connectivity index (χ1) is 15.0. The Morgan fingerprint density at radius 1 is 1.16 bits per heavy atom. The van der Waals surface area contributed by atoms with Crippen molar-refractivity contribution in [2.24, 2.45) is 5.73 Å². The van der Waals surface area contributed by atoms with Crippen LogP contribution in [0.2, 0.25) is 5.02 Å². The summed E-state index contributed by atoms with van der Waals surface area (Å²) in [6.07, 6.45) is 2.30. The van der Waals surface area contributed by atoms with E-state index in [4.69, 9.17) is 17.3 Å². The van der Waals surface area contributed by atoms with Gasteiger partial charge in [-0.15, -0.1) is 11.8 Å². The lowest BCUT2D eigenvalue weighted by Gasteiger charge is -2.21. The Morgan fingerprint density at radius 3 is 2.61 bits per heavy atom. The van der Waals surface area contributed by atoms with Crippen LogP contribution in [0.4, 0.5) is 0 Å². The van der Waals surface area contributed by atoms with Crippen LogP contribution in [0.25, 0.3) is 0 Å². The number of nitrogens with one attached hydrogen (secondary N) is 3.